The molecular weight excluding hydrogens is 245 g/mol. The maximum absolute atomic E-state index is 13.6. The van der Waals surface area contributed by atoms with Crippen LogP contribution in [0.1, 0.15) is 37.7 Å². The molecule has 0 aliphatic heterocycles. The highest BCUT2D eigenvalue weighted by molar-refractivity contribution is 5.35. The van der Waals surface area contributed by atoms with Crippen molar-refractivity contribution >= 4 is 0 Å². The number of aromatic nitrogens is 4. The summed E-state index contributed by atoms with van der Waals surface area (Å²) >= 11 is 0. The molecule has 0 saturated carbocycles. The van der Waals surface area contributed by atoms with Gasteiger partial charge in [-0.1, -0.05) is 13.0 Å². The summed E-state index contributed by atoms with van der Waals surface area (Å²) < 4.78 is 15.2. The van der Waals surface area contributed by atoms with E-state index in [9.17, 15) is 4.39 Å². The Labute approximate surface area is 111 Å². The molecule has 0 amide bonds. The number of aryl methyl sites for hydroxylation is 1. The lowest BCUT2D eigenvalue weighted by molar-refractivity contribution is 0.530. The summed E-state index contributed by atoms with van der Waals surface area (Å²) in [6, 6.07) is 4.99. The third kappa shape index (κ3) is 2.96. The minimum Gasteiger partial charge on any atom is -0.307 e. The molecule has 0 fully saturated rings. The molecule has 1 aromatic carbocycles. The predicted molar refractivity (Wildman–Crippen MR) is 70.6 cm³/mol. The van der Waals surface area contributed by atoms with Gasteiger partial charge in [-0.3, -0.25) is 0 Å². The van der Waals surface area contributed by atoms with Crippen LogP contribution in [0.2, 0.25) is 0 Å². The zero-order valence-electron chi connectivity index (χ0n) is 11.4. The molecule has 1 N–H and O–H groups in total. The summed E-state index contributed by atoms with van der Waals surface area (Å²) in [4.78, 5) is 0. The topological polar surface area (TPSA) is 55.6 Å². The van der Waals surface area contributed by atoms with Crippen molar-refractivity contribution in [2.24, 2.45) is 0 Å². The van der Waals surface area contributed by atoms with Crippen molar-refractivity contribution in [1.82, 2.24) is 25.5 Å². The van der Waals surface area contributed by atoms with Crippen LogP contribution in [0.4, 0.5) is 4.39 Å². The minimum atomic E-state index is -0.256. The molecule has 2 rings (SSSR count). The Morgan fingerprint density at radius 2 is 2.21 bits per heavy atom. The standard InChI is InChI=1S/C13H18FN5/c1-4-7-15-10(3)13-16-17-18-19(13)11-6-5-9(2)12(14)8-11/h5-6,8,10,15H,4,7H2,1-3H3. The molecular formula is C13H18FN5. The van der Waals surface area contributed by atoms with Crippen LogP contribution in [-0.4, -0.2) is 26.8 Å². The molecule has 1 atom stereocenters. The molecule has 1 unspecified atom stereocenters. The van der Waals surface area contributed by atoms with Crippen molar-refractivity contribution in [1.29, 1.82) is 0 Å². The monoisotopic (exact) mass is 263 g/mol. The van der Waals surface area contributed by atoms with Crippen molar-refractivity contribution in [3.8, 4) is 5.69 Å². The van der Waals surface area contributed by atoms with Crippen LogP contribution in [0.25, 0.3) is 5.69 Å². The summed E-state index contributed by atoms with van der Waals surface area (Å²) in [5, 5.41) is 14.9. The van der Waals surface area contributed by atoms with Crippen molar-refractivity contribution in [3.63, 3.8) is 0 Å². The first-order valence-electron chi connectivity index (χ1n) is 6.41. The molecule has 0 saturated heterocycles. The first-order valence-corrected chi connectivity index (χ1v) is 6.41. The smallest absolute Gasteiger partial charge is 0.173 e. The van der Waals surface area contributed by atoms with E-state index in [-0.39, 0.29) is 11.9 Å². The molecule has 0 spiro atoms. The second kappa shape index (κ2) is 5.88. The van der Waals surface area contributed by atoms with E-state index >= 15 is 0 Å². The zero-order chi connectivity index (χ0) is 13.8. The van der Waals surface area contributed by atoms with Gasteiger partial charge in [-0.2, -0.15) is 4.68 Å². The zero-order valence-corrected chi connectivity index (χ0v) is 11.4. The Kier molecular flexibility index (Phi) is 4.21. The summed E-state index contributed by atoms with van der Waals surface area (Å²) in [5.41, 5.74) is 1.24. The van der Waals surface area contributed by atoms with Crippen molar-refractivity contribution in [2.75, 3.05) is 6.54 Å². The number of nitrogens with one attached hydrogen (secondary N) is 1. The lowest BCUT2D eigenvalue weighted by Crippen LogP contribution is -2.22. The van der Waals surface area contributed by atoms with Gasteiger partial charge in [-0.05, 0) is 54.9 Å². The van der Waals surface area contributed by atoms with Crippen molar-refractivity contribution in [3.05, 3.63) is 35.4 Å². The molecule has 6 heteroatoms. The Morgan fingerprint density at radius 3 is 2.89 bits per heavy atom. The van der Waals surface area contributed by atoms with E-state index in [0.29, 0.717) is 17.1 Å². The normalized spacial score (nSPS) is 12.6. The van der Waals surface area contributed by atoms with Crippen LogP contribution in [0, 0.1) is 12.7 Å². The molecule has 0 aliphatic rings. The quantitative estimate of drug-likeness (QED) is 0.898. The number of rotatable bonds is 5. The minimum absolute atomic E-state index is 0.0133. The first-order chi connectivity index (χ1) is 9.13. The average Bonchev–Trinajstić information content (AvgIpc) is 2.88. The van der Waals surface area contributed by atoms with Gasteiger partial charge in [0.1, 0.15) is 5.82 Å². The molecule has 19 heavy (non-hydrogen) atoms. The van der Waals surface area contributed by atoms with Gasteiger partial charge >= 0.3 is 0 Å². The van der Waals surface area contributed by atoms with E-state index in [1.54, 1.807) is 17.7 Å². The van der Waals surface area contributed by atoms with Gasteiger partial charge in [0.05, 0.1) is 11.7 Å². The second-order valence-electron chi connectivity index (χ2n) is 4.56. The van der Waals surface area contributed by atoms with E-state index in [4.69, 9.17) is 0 Å². The van der Waals surface area contributed by atoms with Crippen LogP contribution >= 0.6 is 0 Å². The number of hydrogen-bond acceptors (Lipinski definition) is 4. The van der Waals surface area contributed by atoms with Crippen LogP contribution in [0.5, 0.6) is 0 Å². The van der Waals surface area contributed by atoms with Crippen LogP contribution in [-0.2, 0) is 0 Å². The number of nitrogens with zero attached hydrogens (tertiary/aromatic N) is 4. The largest absolute Gasteiger partial charge is 0.307 e. The van der Waals surface area contributed by atoms with Crippen molar-refractivity contribution in [2.45, 2.75) is 33.2 Å². The molecule has 1 aromatic heterocycles. The van der Waals surface area contributed by atoms with E-state index in [0.717, 1.165) is 13.0 Å². The van der Waals surface area contributed by atoms with Gasteiger partial charge in [0, 0.05) is 0 Å². The van der Waals surface area contributed by atoms with Gasteiger partial charge in [0.2, 0.25) is 0 Å². The third-order valence-electron chi connectivity index (χ3n) is 2.98. The van der Waals surface area contributed by atoms with Crippen LogP contribution in [0.3, 0.4) is 0 Å². The maximum atomic E-state index is 13.6. The van der Waals surface area contributed by atoms with Gasteiger partial charge in [-0.15, -0.1) is 5.10 Å². The van der Waals surface area contributed by atoms with Gasteiger partial charge in [0.15, 0.2) is 5.82 Å². The Bertz CT molecular complexity index is 552. The van der Waals surface area contributed by atoms with Crippen LogP contribution in [0.15, 0.2) is 18.2 Å². The number of halogens is 1. The molecule has 5 nitrogen and oxygen atoms in total. The molecule has 0 aliphatic carbocycles. The number of hydrogen-bond donors (Lipinski definition) is 1. The van der Waals surface area contributed by atoms with E-state index in [1.807, 2.05) is 13.0 Å². The lowest BCUT2D eigenvalue weighted by atomic mass is 10.2. The average molecular weight is 263 g/mol. The van der Waals surface area contributed by atoms with Crippen LogP contribution < -0.4 is 5.32 Å². The van der Waals surface area contributed by atoms with Gasteiger partial charge in [0.25, 0.3) is 0 Å². The van der Waals surface area contributed by atoms with E-state index in [1.165, 1.54) is 6.07 Å². The number of benzene rings is 1. The summed E-state index contributed by atoms with van der Waals surface area (Å²) in [7, 11) is 0. The molecule has 2 aromatic rings. The third-order valence-corrected chi connectivity index (χ3v) is 2.98. The maximum Gasteiger partial charge on any atom is 0.173 e. The summed E-state index contributed by atoms with van der Waals surface area (Å²) in [5.74, 6) is 0.421. The summed E-state index contributed by atoms with van der Waals surface area (Å²) in [6.45, 7) is 6.70. The van der Waals surface area contributed by atoms with E-state index < -0.39 is 0 Å². The fourth-order valence-corrected chi connectivity index (χ4v) is 1.81. The molecule has 102 valence electrons. The Hall–Kier alpha value is -1.82. The highest BCUT2D eigenvalue weighted by atomic mass is 19.1. The summed E-state index contributed by atoms with van der Waals surface area (Å²) in [6.07, 6.45) is 1.03. The SMILES string of the molecule is CCCNC(C)c1nnnn1-c1ccc(C)c(F)c1. The van der Waals surface area contributed by atoms with Gasteiger partial charge < -0.3 is 5.32 Å². The molecule has 0 radical (unpaired) electrons. The van der Waals surface area contributed by atoms with Gasteiger partial charge in [-0.25, -0.2) is 4.39 Å². The Balaban J connectivity index is 2.30. The second-order valence-corrected chi connectivity index (χ2v) is 4.56. The fourth-order valence-electron chi connectivity index (χ4n) is 1.81. The first kappa shape index (κ1) is 13.6. The fraction of sp³-hybridized carbons (Fsp3) is 0.462. The predicted octanol–water partition coefficient (Wildman–Crippen LogP) is 2.17. The molecule has 0 bridgehead atoms. The van der Waals surface area contributed by atoms with E-state index in [2.05, 4.69) is 27.8 Å². The van der Waals surface area contributed by atoms with Crippen molar-refractivity contribution < 1.29 is 4.39 Å². The highest BCUT2D eigenvalue weighted by Crippen LogP contribution is 2.16. The molecule has 1 heterocycles. The highest BCUT2D eigenvalue weighted by Gasteiger charge is 2.15. The number of tetrazole rings is 1. The Morgan fingerprint density at radius 1 is 1.42 bits per heavy atom. The lowest BCUT2D eigenvalue weighted by Gasteiger charge is -2.13.